The van der Waals surface area contributed by atoms with E-state index in [2.05, 4.69) is 5.32 Å². The van der Waals surface area contributed by atoms with Gasteiger partial charge in [-0.3, -0.25) is 9.59 Å². The van der Waals surface area contributed by atoms with Crippen molar-refractivity contribution in [3.8, 4) is 0 Å². The molecule has 0 radical (unpaired) electrons. The van der Waals surface area contributed by atoms with Crippen LogP contribution < -0.4 is 11.1 Å². The molecular formula is C13H24N2O7. The van der Waals surface area contributed by atoms with Gasteiger partial charge in [0.05, 0.1) is 6.61 Å². The average molecular weight is 320 g/mol. The Morgan fingerprint density at radius 1 is 1.27 bits per heavy atom. The third kappa shape index (κ3) is 5.50. The van der Waals surface area contributed by atoms with E-state index in [4.69, 9.17) is 20.3 Å². The Bertz CT molecular complexity index is 379. The van der Waals surface area contributed by atoms with E-state index in [-0.39, 0.29) is 13.0 Å². The molecule has 1 saturated heterocycles. The fourth-order valence-corrected chi connectivity index (χ4v) is 2.21. The topological polar surface area (TPSA) is 151 Å². The van der Waals surface area contributed by atoms with Gasteiger partial charge in [0.25, 0.3) is 0 Å². The van der Waals surface area contributed by atoms with Crippen molar-refractivity contribution >= 4 is 11.8 Å². The third-order valence-electron chi connectivity index (χ3n) is 3.35. The van der Waals surface area contributed by atoms with Gasteiger partial charge in [-0.15, -0.1) is 0 Å². The van der Waals surface area contributed by atoms with Gasteiger partial charge in [-0.05, 0) is 12.8 Å². The monoisotopic (exact) mass is 320 g/mol. The van der Waals surface area contributed by atoms with Crippen LogP contribution in [0.5, 0.6) is 0 Å². The quantitative estimate of drug-likeness (QED) is 0.313. The lowest BCUT2D eigenvalue weighted by molar-refractivity contribution is -0.270. The zero-order chi connectivity index (χ0) is 16.7. The lowest BCUT2D eigenvalue weighted by atomic mass is 9.97. The van der Waals surface area contributed by atoms with Crippen molar-refractivity contribution in [2.45, 2.75) is 56.8 Å². The van der Waals surface area contributed by atoms with Crippen LogP contribution >= 0.6 is 0 Å². The molecule has 0 aliphatic carbocycles. The van der Waals surface area contributed by atoms with Crippen LogP contribution in [-0.4, -0.2) is 71.0 Å². The first-order chi connectivity index (χ1) is 10.4. The number of primary amides is 1. The molecule has 0 aromatic rings. The summed E-state index contributed by atoms with van der Waals surface area (Å²) in [7, 11) is 0. The number of nitrogens with two attached hydrogens (primary N) is 1. The largest absolute Gasteiger partial charge is 0.394 e. The maximum atomic E-state index is 11.2. The molecule has 0 aromatic heterocycles. The summed E-state index contributed by atoms with van der Waals surface area (Å²) >= 11 is 0. The van der Waals surface area contributed by atoms with Gasteiger partial charge in [0.1, 0.15) is 24.4 Å². The Hall–Kier alpha value is -1.26. The SMILES string of the molecule is CC(=O)NC1C(O)[C@H](O)C(CO)O[C@H]1OCCCCC(N)=O. The fraction of sp³-hybridized carbons (Fsp3) is 0.846. The minimum absolute atomic E-state index is 0.217. The summed E-state index contributed by atoms with van der Waals surface area (Å²) in [5, 5.41) is 31.5. The van der Waals surface area contributed by atoms with Crippen molar-refractivity contribution in [1.82, 2.24) is 5.32 Å². The molecule has 3 unspecified atom stereocenters. The molecule has 6 N–H and O–H groups in total. The van der Waals surface area contributed by atoms with Crippen LogP contribution in [0.2, 0.25) is 0 Å². The van der Waals surface area contributed by atoms with E-state index in [0.717, 1.165) is 0 Å². The van der Waals surface area contributed by atoms with E-state index in [0.29, 0.717) is 12.8 Å². The molecule has 0 bridgehead atoms. The van der Waals surface area contributed by atoms with E-state index in [1.54, 1.807) is 0 Å². The third-order valence-corrected chi connectivity index (χ3v) is 3.35. The number of hydrogen-bond acceptors (Lipinski definition) is 7. The van der Waals surface area contributed by atoms with Crippen molar-refractivity contribution in [3.05, 3.63) is 0 Å². The molecule has 1 heterocycles. The summed E-state index contributed by atoms with van der Waals surface area (Å²) in [6.07, 6.45) is -3.35. The number of rotatable bonds is 8. The van der Waals surface area contributed by atoms with Gasteiger partial charge >= 0.3 is 0 Å². The van der Waals surface area contributed by atoms with E-state index in [1.165, 1.54) is 6.92 Å². The number of hydrogen-bond donors (Lipinski definition) is 5. The summed E-state index contributed by atoms with van der Waals surface area (Å²) in [6.45, 7) is 0.989. The Morgan fingerprint density at radius 2 is 1.95 bits per heavy atom. The molecule has 1 aliphatic rings. The number of unbranched alkanes of at least 4 members (excludes halogenated alkanes) is 1. The van der Waals surface area contributed by atoms with Crippen LogP contribution in [0.3, 0.4) is 0 Å². The van der Waals surface area contributed by atoms with Gasteiger partial charge in [0.15, 0.2) is 6.29 Å². The zero-order valence-corrected chi connectivity index (χ0v) is 12.5. The number of aliphatic hydroxyl groups is 3. The second-order valence-electron chi connectivity index (χ2n) is 5.23. The lowest BCUT2D eigenvalue weighted by Gasteiger charge is -2.42. The number of carbonyl (C=O) groups excluding carboxylic acids is 2. The number of carbonyl (C=O) groups is 2. The van der Waals surface area contributed by atoms with Crippen LogP contribution in [-0.2, 0) is 19.1 Å². The summed E-state index contributed by atoms with van der Waals surface area (Å²) in [5.74, 6) is -0.812. The van der Waals surface area contributed by atoms with Gasteiger partial charge < -0.3 is 35.8 Å². The van der Waals surface area contributed by atoms with Gasteiger partial charge in [0.2, 0.25) is 11.8 Å². The van der Waals surface area contributed by atoms with Crippen LogP contribution in [0.4, 0.5) is 0 Å². The molecule has 9 nitrogen and oxygen atoms in total. The first-order valence-electron chi connectivity index (χ1n) is 7.16. The van der Waals surface area contributed by atoms with E-state index in [9.17, 15) is 19.8 Å². The van der Waals surface area contributed by atoms with Crippen LogP contribution in [0.25, 0.3) is 0 Å². The van der Waals surface area contributed by atoms with E-state index < -0.39 is 49.1 Å². The Kier molecular flexibility index (Phi) is 7.69. The second-order valence-corrected chi connectivity index (χ2v) is 5.23. The summed E-state index contributed by atoms with van der Waals surface area (Å²) in [6, 6.07) is -0.952. The van der Waals surface area contributed by atoms with Crippen LogP contribution in [0, 0.1) is 0 Å². The second kappa shape index (κ2) is 9.01. The zero-order valence-electron chi connectivity index (χ0n) is 12.5. The highest BCUT2D eigenvalue weighted by atomic mass is 16.7. The van der Waals surface area contributed by atoms with E-state index >= 15 is 0 Å². The molecule has 5 atom stereocenters. The standard InChI is InChI=1S/C13H24N2O7/c1-7(17)15-10-12(20)11(19)8(6-16)22-13(10)21-5-3-2-4-9(14)18/h8,10-13,16,19-20H,2-6H2,1H3,(H2,14,18)(H,15,17)/t8?,10?,11-,12?,13-/m1/s1. The number of aliphatic hydroxyl groups excluding tert-OH is 3. The van der Waals surface area contributed by atoms with Crippen LogP contribution in [0.15, 0.2) is 0 Å². The normalized spacial score (nSPS) is 31.7. The highest BCUT2D eigenvalue weighted by Crippen LogP contribution is 2.22. The predicted molar refractivity (Wildman–Crippen MR) is 74.4 cm³/mol. The number of nitrogens with one attached hydrogen (secondary N) is 1. The van der Waals surface area contributed by atoms with Crippen molar-refractivity contribution in [1.29, 1.82) is 0 Å². The molecule has 1 fully saturated rings. The molecular weight excluding hydrogens is 296 g/mol. The molecule has 0 saturated carbocycles. The summed E-state index contributed by atoms with van der Waals surface area (Å²) < 4.78 is 10.8. The number of amides is 2. The predicted octanol–water partition coefficient (Wildman–Crippen LogP) is -2.40. The maximum absolute atomic E-state index is 11.2. The molecule has 128 valence electrons. The van der Waals surface area contributed by atoms with Gasteiger partial charge in [-0.1, -0.05) is 0 Å². The van der Waals surface area contributed by atoms with Gasteiger partial charge in [0, 0.05) is 20.0 Å². The van der Waals surface area contributed by atoms with Crippen LogP contribution in [0.1, 0.15) is 26.2 Å². The van der Waals surface area contributed by atoms with Gasteiger partial charge in [-0.25, -0.2) is 0 Å². The molecule has 9 heteroatoms. The average Bonchev–Trinajstić information content (AvgIpc) is 2.45. The molecule has 1 aliphatic heterocycles. The van der Waals surface area contributed by atoms with Crippen molar-refractivity contribution in [2.24, 2.45) is 5.73 Å². The minimum atomic E-state index is -1.34. The first-order valence-corrected chi connectivity index (χ1v) is 7.16. The Morgan fingerprint density at radius 3 is 2.50 bits per heavy atom. The first kappa shape index (κ1) is 18.8. The molecule has 2 amide bonds. The van der Waals surface area contributed by atoms with E-state index in [1.807, 2.05) is 0 Å². The summed E-state index contributed by atoms with van der Waals surface area (Å²) in [4.78, 5) is 21.8. The van der Waals surface area contributed by atoms with Crippen molar-refractivity contribution < 1.29 is 34.4 Å². The maximum Gasteiger partial charge on any atom is 0.217 e. The number of ether oxygens (including phenoxy) is 2. The molecule has 22 heavy (non-hydrogen) atoms. The Labute approximate surface area is 128 Å². The van der Waals surface area contributed by atoms with Crippen molar-refractivity contribution in [2.75, 3.05) is 13.2 Å². The van der Waals surface area contributed by atoms with Crippen molar-refractivity contribution in [3.63, 3.8) is 0 Å². The highest BCUT2D eigenvalue weighted by Gasteiger charge is 2.45. The lowest BCUT2D eigenvalue weighted by Crippen LogP contribution is -2.64. The van der Waals surface area contributed by atoms with Gasteiger partial charge in [-0.2, -0.15) is 0 Å². The smallest absolute Gasteiger partial charge is 0.217 e. The molecule has 0 spiro atoms. The highest BCUT2D eigenvalue weighted by molar-refractivity contribution is 5.73. The Balaban J connectivity index is 2.57. The minimum Gasteiger partial charge on any atom is -0.394 e. The molecule has 0 aromatic carbocycles. The fourth-order valence-electron chi connectivity index (χ4n) is 2.21. The summed E-state index contributed by atoms with van der Waals surface area (Å²) in [5.41, 5.74) is 5.02. The molecule has 1 rings (SSSR count).